The van der Waals surface area contributed by atoms with Gasteiger partial charge in [0.25, 0.3) is 0 Å². The van der Waals surface area contributed by atoms with E-state index in [-0.39, 0.29) is 17.3 Å². The van der Waals surface area contributed by atoms with Gasteiger partial charge in [0.2, 0.25) is 10.0 Å². The molecule has 1 aromatic rings. The minimum absolute atomic E-state index is 0.0501. The molecule has 1 aromatic heterocycles. The molecule has 0 aliphatic carbocycles. The smallest absolute Gasteiger partial charge is 0.214 e. The van der Waals surface area contributed by atoms with Crippen molar-refractivity contribution in [1.82, 2.24) is 14.9 Å². The van der Waals surface area contributed by atoms with E-state index in [4.69, 9.17) is 4.74 Å². The van der Waals surface area contributed by atoms with E-state index in [1.54, 1.807) is 12.4 Å². The van der Waals surface area contributed by atoms with Crippen LogP contribution < -0.4 is 4.72 Å². The predicted octanol–water partition coefficient (Wildman–Crippen LogP) is 1.08. The van der Waals surface area contributed by atoms with E-state index in [1.807, 2.05) is 0 Å². The van der Waals surface area contributed by atoms with E-state index < -0.39 is 10.0 Å². The third-order valence-electron chi connectivity index (χ3n) is 3.55. The third-order valence-corrected chi connectivity index (χ3v) is 5.00. The van der Waals surface area contributed by atoms with Crippen molar-refractivity contribution in [3.8, 4) is 0 Å². The Hall–Kier alpha value is -0.920. The molecule has 0 saturated carbocycles. The first-order valence-corrected chi connectivity index (χ1v) is 8.58. The Kier molecular flexibility index (Phi) is 4.82. The van der Waals surface area contributed by atoms with E-state index >= 15 is 0 Å². The molecule has 0 bridgehead atoms. The minimum atomic E-state index is -3.28. The van der Waals surface area contributed by atoms with Crippen LogP contribution in [0.25, 0.3) is 0 Å². The van der Waals surface area contributed by atoms with E-state index in [0.29, 0.717) is 19.6 Å². The minimum Gasteiger partial charge on any atom is -0.377 e. The van der Waals surface area contributed by atoms with Crippen LogP contribution in [-0.2, 0) is 21.2 Å². The molecule has 2 N–H and O–H groups in total. The number of H-pyrrole nitrogens is 1. The molecule has 7 heteroatoms. The van der Waals surface area contributed by atoms with Gasteiger partial charge in [0.15, 0.2) is 0 Å². The fourth-order valence-corrected chi connectivity index (χ4v) is 3.53. The zero-order valence-corrected chi connectivity index (χ0v) is 12.9. The number of sulfonamides is 1. The molecule has 2 rings (SSSR count). The second-order valence-electron chi connectivity index (χ2n) is 6.17. The number of aromatic amines is 1. The fourth-order valence-electron chi connectivity index (χ4n) is 2.25. The van der Waals surface area contributed by atoms with E-state index in [1.165, 1.54) is 0 Å². The summed E-state index contributed by atoms with van der Waals surface area (Å²) in [6, 6.07) is 0. The van der Waals surface area contributed by atoms with Crippen LogP contribution in [0.2, 0.25) is 0 Å². The van der Waals surface area contributed by atoms with Gasteiger partial charge in [0.1, 0.15) is 0 Å². The van der Waals surface area contributed by atoms with Crippen molar-refractivity contribution in [2.75, 3.05) is 18.9 Å². The maximum Gasteiger partial charge on any atom is 0.214 e. The number of hydrogen-bond donors (Lipinski definition) is 2. The van der Waals surface area contributed by atoms with Gasteiger partial charge in [0, 0.05) is 12.7 Å². The van der Waals surface area contributed by atoms with Gasteiger partial charge in [-0.15, -0.1) is 0 Å². The van der Waals surface area contributed by atoms with Crippen molar-refractivity contribution in [3.63, 3.8) is 0 Å². The lowest BCUT2D eigenvalue weighted by Crippen LogP contribution is -2.39. The van der Waals surface area contributed by atoms with Crippen molar-refractivity contribution >= 4 is 10.0 Å². The van der Waals surface area contributed by atoms with Crippen LogP contribution in [0.15, 0.2) is 12.4 Å². The average Bonchev–Trinajstić information content (AvgIpc) is 2.85. The average molecular weight is 301 g/mol. The standard InChI is InChI=1S/C13H23N3O3S/c1-13(2)5-3-12(19-10-13)9-20(17,18)16-6-4-11-7-14-15-8-11/h7-8,12,16H,3-6,9-10H2,1-2H3,(H,14,15)/t12-/m1/s1. The Balaban J connectivity index is 1.74. The number of nitrogens with one attached hydrogen (secondary N) is 2. The summed E-state index contributed by atoms with van der Waals surface area (Å²) in [6.45, 7) is 5.30. The molecule has 0 amide bonds. The first kappa shape index (κ1) is 15.5. The van der Waals surface area contributed by atoms with Crippen LogP contribution in [0.3, 0.4) is 0 Å². The molecular weight excluding hydrogens is 278 g/mol. The highest BCUT2D eigenvalue weighted by Gasteiger charge is 2.30. The first-order valence-electron chi connectivity index (χ1n) is 6.93. The van der Waals surface area contributed by atoms with Crippen molar-refractivity contribution in [2.24, 2.45) is 5.41 Å². The quantitative estimate of drug-likeness (QED) is 0.823. The largest absolute Gasteiger partial charge is 0.377 e. The summed E-state index contributed by atoms with van der Waals surface area (Å²) in [5, 5.41) is 6.53. The molecular formula is C13H23N3O3S. The molecule has 1 atom stereocenters. The second kappa shape index (κ2) is 6.24. The molecule has 6 nitrogen and oxygen atoms in total. The summed E-state index contributed by atoms with van der Waals surface area (Å²) in [6.07, 6.45) is 5.71. The van der Waals surface area contributed by atoms with Crippen molar-refractivity contribution < 1.29 is 13.2 Å². The fraction of sp³-hybridized carbons (Fsp3) is 0.769. The van der Waals surface area contributed by atoms with Crippen LogP contribution in [-0.4, -0.2) is 43.6 Å². The predicted molar refractivity (Wildman–Crippen MR) is 76.8 cm³/mol. The van der Waals surface area contributed by atoms with Gasteiger partial charge >= 0.3 is 0 Å². The molecule has 1 fully saturated rings. The van der Waals surface area contributed by atoms with Gasteiger partial charge in [-0.1, -0.05) is 13.8 Å². The Labute approximate surface area is 120 Å². The number of hydrogen-bond acceptors (Lipinski definition) is 4. The summed E-state index contributed by atoms with van der Waals surface area (Å²) in [5.74, 6) is 0.0501. The topological polar surface area (TPSA) is 84.1 Å². The van der Waals surface area contributed by atoms with Gasteiger partial charge in [-0.3, -0.25) is 5.10 Å². The van der Waals surface area contributed by atoms with Crippen molar-refractivity contribution in [1.29, 1.82) is 0 Å². The molecule has 1 saturated heterocycles. The molecule has 0 radical (unpaired) electrons. The molecule has 20 heavy (non-hydrogen) atoms. The monoisotopic (exact) mass is 301 g/mol. The Morgan fingerprint density at radius 2 is 2.35 bits per heavy atom. The van der Waals surface area contributed by atoms with Crippen LogP contribution in [0.1, 0.15) is 32.3 Å². The lowest BCUT2D eigenvalue weighted by atomic mass is 9.86. The molecule has 0 spiro atoms. The van der Waals surface area contributed by atoms with Crippen molar-refractivity contribution in [3.05, 3.63) is 18.0 Å². The van der Waals surface area contributed by atoms with Crippen LogP contribution in [0, 0.1) is 5.41 Å². The maximum absolute atomic E-state index is 12.0. The van der Waals surface area contributed by atoms with Gasteiger partial charge in [-0.2, -0.15) is 5.10 Å². The molecule has 2 heterocycles. The summed E-state index contributed by atoms with van der Waals surface area (Å²) >= 11 is 0. The van der Waals surface area contributed by atoms with Crippen molar-refractivity contribution in [2.45, 2.75) is 39.2 Å². The first-order chi connectivity index (χ1) is 9.36. The number of rotatable bonds is 6. The lowest BCUT2D eigenvalue weighted by molar-refractivity contribution is -0.0371. The second-order valence-corrected chi connectivity index (χ2v) is 8.02. The van der Waals surface area contributed by atoms with Gasteiger partial charge in [0.05, 0.1) is 24.7 Å². The zero-order chi connectivity index (χ0) is 14.6. The molecule has 1 aliphatic rings. The van der Waals surface area contributed by atoms with Gasteiger partial charge in [-0.05, 0) is 30.2 Å². The Bertz CT molecular complexity index is 501. The SMILES string of the molecule is CC1(C)CC[C@H](CS(=O)(=O)NCCc2cn[nH]c2)OC1. The highest BCUT2D eigenvalue weighted by atomic mass is 32.2. The van der Waals surface area contributed by atoms with Crippen LogP contribution in [0.5, 0.6) is 0 Å². The van der Waals surface area contributed by atoms with E-state index in [0.717, 1.165) is 18.4 Å². The number of nitrogens with zero attached hydrogens (tertiary/aromatic N) is 1. The van der Waals surface area contributed by atoms with Crippen LogP contribution >= 0.6 is 0 Å². The highest BCUT2D eigenvalue weighted by Crippen LogP contribution is 2.30. The highest BCUT2D eigenvalue weighted by molar-refractivity contribution is 7.89. The van der Waals surface area contributed by atoms with Crippen LogP contribution in [0.4, 0.5) is 0 Å². The Morgan fingerprint density at radius 3 is 2.95 bits per heavy atom. The molecule has 1 aliphatic heterocycles. The maximum atomic E-state index is 12.0. The number of aromatic nitrogens is 2. The van der Waals surface area contributed by atoms with Gasteiger partial charge in [-0.25, -0.2) is 13.1 Å². The Morgan fingerprint density at radius 1 is 1.55 bits per heavy atom. The number of ether oxygens (including phenoxy) is 1. The summed E-state index contributed by atoms with van der Waals surface area (Å²) < 4.78 is 32.2. The summed E-state index contributed by atoms with van der Waals surface area (Å²) in [7, 11) is -3.28. The van der Waals surface area contributed by atoms with E-state index in [2.05, 4.69) is 28.8 Å². The molecule has 0 unspecified atom stereocenters. The molecule has 114 valence electrons. The lowest BCUT2D eigenvalue weighted by Gasteiger charge is -2.34. The normalized spacial score (nSPS) is 22.8. The summed E-state index contributed by atoms with van der Waals surface area (Å²) in [5.41, 5.74) is 1.15. The molecule has 0 aromatic carbocycles. The van der Waals surface area contributed by atoms with E-state index in [9.17, 15) is 8.42 Å². The zero-order valence-electron chi connectivity index (χ0n) is 12.1. The van der Waals surface area contributed by atoms with Gasteiger partial charge < -0.3 is 4.74 Å². The third kappa shape index (κ3) is 4.88. The summed E-state index contributed by atoms with van der Waals surface area (Å²) in [4.78, 5) is 0.